The fourth-order valence-corrected chi connectivity index (χ4v) is 6.10. The van der Waals surface area contributed by atoms with Gasteiger partial charge in [-0.3, -0.25) is 0 Å². The number of piperidine rings is 1. The van der Waals surface area contributed by atoms with E-state index in [1.165, 1.54) is 17.7 Å². The van der Waals surface area contributed by atoms with Crippen molar-refractivity contribution in [1.29, 1.82) is 0 Å². The van der Waals surface area contributed by atoms with Crippen LogP contribution in [0.3, 0.4) is 0 Å². The van der Waals surface area contributed by atoms with E-state index in [0.717, 1.165) is 42.8 Å². The van der Waals surface area contributed by atoms with Crippen molar-refractivity contribution >= 4 is 5.69 Å². The molecule has 1 fully saturated rings. The number of hydrogen-bond acceptors (Lipinski definition) is 5. The van der Waals surface area contributed by atoms with E-state index >= 15 is 0 Å². The standard InChI is InChI=1S/C25H29FN2O3/c1-28-11-10-25-14-19(27-17-7-5-16(26)6-8-17)22(31-3)13-18(25)20(28)12-15-4-9-21(30-2)24(29)23(15)25/h4-9,13,18-20,27,29H,10-12,14H2,1-3H3/t18-,19?,20+,25-/m1/s1. The summed E-state index contributed by atoms with van der Waals surface area (Å²) in [5.74, 6) is 1.66. The minimum absolute atomic E-state index is 0.0766. The van der Waals surface area contributed by atoms with Gasteiger partial charge in [0.2, 0.25) is 0 Å². The number of phenolic OH excluding ortho intramolecular Hbond substituents is 1. The fourth-order valence-electron chi connectivity index (χ4n) is 6.10. The van der Waals surface area contributed by atoms with Crippen LogP contribution in [-0.4, -0.2) is 49.9 Å². The molecule has 0 radical (unpaired) electrons. The molecule has 1 unspecified atom stereocenters. The quantitative estimate of drug-likeness (QED) is 0.775. The molecule has 2 aromatic rings. The number of nitrogens with zero attached hydrogens (tertiary/aromatic N) is 1. The third kappa shape index (κ3) is 3.07. The average Bonchev–Trinajstić information content (AvgIpc) is 2.77. The van der Waals surface area contributed by atoms with E-state index in [1.54, 1.807) is 26.4 Å². The van der Waals surface area contributed by atoms with E-state index in [4.69, 9.17) is 9.47 Å². The summed E-state index contributed by atoms with van der Waals surface area (Å²) in [7, 11) is 5.49. The summed E-state index contributed by atoms with van der Waals surface area (Å²) in [5.41, 5.74) is 2.85. The Bertz CT molecular complexity index is 1020. The molecule has 0 amide bonds. The molecule has 0 saturated carbocycles. The molecule has 31 heavy (non-hydrogen) atoms. The maximum Gasteiger partial charge on any atom is 0.161 e. The molecule has 1 saturated heterocycles. The molecular formula is C25H29FN2O3. The number of fused-ring (bicyclic) bond motifs is 1. The number of likely N-dealkylation sites (tertiary alicyclic amines) is 1. The van der Waals surface area contributed by atoms with Crippen LogP contribution in [0.15, 0.2) is 48.2 Å². The molecule has 2 aliphatic carbocycles. The van der Waals surface area contributed by atoms with Gasteiger partial charge < -0.3 is 24.8 Å². The van der Waals surface area contributed by atoms with E-state index < -0.39 is 0 Å². The highest BCUT2D eigenvalue weighted by atomic mass is 19.1. The Hall–Kier alpha value is -2.73. The van der Waals surface area contributed by atoms with Gasteiger partial charge in [-0.05, 0) is 74.8 Å². The Morgan fingerprint density at radius 1 is 1.13 bits per heavy atom. The van der Waals surface area contributed by atoms with E-state index in [2.05, 4.69) is 29.4 Å². The molecule has 1 heterocycles. The van der Waals surface area contributed by atoms with Gasteiger partial charge >= 0.3 is 0 Å². The van der Waals surface area contributed by atoms with Crippen LogP contribution < -0.4 is 10.1 Å². The molecule has 5 rings (SSSR count). The molecule has 4 atom stereocenters. The van der Waals surface area contributed by atoms with Gasteiger partial charge in [-0.2, -0.15) is 0 Å². The molecule has 2 bridgehead atoms. The van der Waals surface area contributed by atoms with Crippen LogP contribution >= 0.6 is 0 Å². The minimum Gasteiger partial charge on any atom is -0.504 e. The minimum atomic E-state index is -0.258. The van der Waals surface area contributed by atoms with Gasteiger partial charge in [0.05, 0.1) is 20.3 Å². The Morgan fingerprint density at radius 3 is 2.61 bits per heavy atom. The molecule has 164 valence electrons. The lowest BCUT2D eigenvalue weighted by Gasteiger charge is -2.58. The lowest BCUT2D eigenvalue weighted by Crippen LogP contribution is -2.61. The third-order valence-corrected chi connectivity index (χ3v) is 7.58. The van der Waals surface area contributed by atoms with Gasteiger partial charge in [-0.25, -0.2) is 4.39 Å². The predicted molar refractivity (Wildman–Crippen MR) is 118 cm³/mol. The molecule has 5 nitrogen and oxygen atoms in total. The predicted octanol–water partition coefficient (Wildman–Crippen LogP) is 4.07. The van der Waals surface area contributed by atoms with Gasteiger partial charge in [0, 0.05) is 28.6 Å². The van der Waals surface area contributed by atoms with Crippen LogP contribution in [0.5, 0.6) is 11.5 Å². The van der Waals surface area contributed by atoms with Gasteiger partial charge in [-0.15, -0.1) is 0 Å². The lowest BCUT2D eigenvalue weighted by molar-refractivity contribution is 0.0339. The van der Waals surface area contributed by atoms with Gasteiger partial charge in [-0.1, -0.05) is 6.07 Å². The molecule has 0 aromatic heterocycles. The molecule has 1 aliphatic heterocycles. The molecule has 2 N–H and O–H groups in total. The summed E-state index contributed by atoms with van der Waals surface area (Å²) in [4.78, 5) is 2.44. The van der Waals surface area contributed by atoms with E-state index in [9.17, 15) is 9.50 Å². The van der Waals surface area contributed by atoms with Crippen molar-refractivity contribution in [3.63, 3.8) is 0 Å². The number of halogens is 1. The Kier molecular flexibility index (Phi) is 4.85. The highest BCUT2D eigenvalue weighted by Crippen LogP contribution is 2.58. The Morgan fingerprint density at radius 2 is 1.90 bits per heavy atom. The van der Waals surface area contributed by atoms with Gasteiger partial charge in [0.15, 0.2) is 11.5 Å². The zero-order chi connectivity index (χ0) is 21.8. The first-order valence-electron chi connectivity index (χ1n) is 10.8. The van der Waals surface area contributed by atoms with Crippen LogP contribution in [0, 0.1) is 11.7 Å². The second-order valence-electron chi connectivity index (χ2n) is 9.02. The lowest BCUT2D eigenvalue weighted by atomic mass is 9.53. The second kappa shape index (κ2) is 7.45. The largest absolute Gasteiger partial charge is 0.504 e. The number of ether oxygens (including phenoxy) is 2. The summed E-state index contributed by atoms with van der Waals surface area (Å²) in [5, 5.41) is 14.8. The zero-order valence-corrected chi connectivity index (χ0v) is 18.2. The first kappa shape index (κ1) is 20.2. The molecule has 3 aliphatic rings. The van der Waals surface area contributed by atoms with Gasteiger partial charge in [0.1, 0.15) is 11.6 Å². The molecular weight excluding hydrogens is 395 g/mol. The Balaban J connectivity index is 1.63. The number of phenols is 1. The summed E-state index contributed by atoms with van der Waals surface area (Å²) in [6, 6.07) is 10.7. The smallest absolute Gasteiger partial charge is 0.161 e. The summed E-state index contributed by atoms with van der Waals surface area (Å²) < 4.78 is 24.7. The summed E-state index contributed by atoms with van der Waals surface area (Å²) in [6.07, 6.45) is 4.87. The molecule has 2 aromatic carbocycles. The second-order valence-corrected chi connectivity index (χ2v) is 9.02. The topological polar surface area (TPSA) is 54.0 Å². The van der Waals surface area contributed by atoms with Crippen LogP contribution in [0.4, 0.5) is 10.1 Å². The number of hydrogen-bond donors (Lipinski definition) is 2. The number of methoxy groups -OCH3 is 2. The van der Waals surface area contributed by atoms with Crippen LogP contribution in [0.1, 0.15) is 24.0 Å². The van der Waals surface area contributed by atoms with Crippen molar-refractivity contribution < 1.29 is 19.0 Å². The maximum absolute atomic E-state index is 13.4. The number of rotatable bonds is 4. The first-order chi connectivity index (χ1) is 15.0. The van der Waals surface area contributed by atoms with Crippen LogP contribution in [0.2, 0.25) is 0 Å². The highest BCUT2D eigenvalue weighted by Gasteiger charge is 2.56. The van der Waals surface area contributed by atoms with E-state index in [0.29, 0.717) is 11.8 Å². The van der Waals surface area contributed by atoms with E-state index in [1.807, 2.05) is 6.07 Å². The number of likely N-dealkylation sites (N-methyl/N-ethyl adjacent to an activating group) is 1. The van der Waals surface area contributed by atoms with Crippen molar-refractivity contribution in [2.45, 2.75) is 36.8 Å². The zero-order valence-electron chi connectivity index (χ0n) is 18.2. The average molecular weight is 425 g/mol. The van der Waals surface area contributed by atoms with Crippen molar-refractivity contribution in [3.8, 4) is 11.5 Å². The van der Waals surface area contributed by atoms with Crippen LogP contribution in [-0.2, 0) is 16.6 Å². The van der Waals surface area contributed by atoms with Crippen molar-refractivity contribution in [1.82, 2.24) is 4.90 Å². The first-order valence-corrected chi connectivity index (χ1v) is 10.8. The Labute approximate surface area is 182 Å². The maximum atomic E-state index is 13.4. The SMILES string of the molecule is COC1=C[C@@H]2[C@@H]3Cc4ccc(OC)c(O)c4[C@]2(CCN3C)CC1Nc1ccc(F)cc1. The third-order valence-electron chi connectivity index (χ3n) is 7.58. The number of nitrogens with one attached hydrogen (secondary N) is 1. The van der Waals surface area contributed by atoms with Crippen LogP contribution in [0.25, 0.3) is 0 Å². The number of anilines is 1. The summed E-state index contributed by atoms with van der Waals surface area (Å²) in [6.45, 7) is 0.969. The van der Waals surface area contributed by atoms with Crippen molar-refractivity contribution in [3.05, 3.63) is 65.2 Å². The van der Waals surface area contributed by atoms with Crippen molar-refractivity contribution in [2.75, 3.05) is 33.1 Å². The number of aromatic hydroxyl groups is 1. The van der Waals surface area contributed by atoms with E-state index in [-0.39, 0.29) is 28.9 Å². The molecule has 0 spiro atoms. The highest BCUT2D eigenvalue weighted by molar-refractivity contribution is 5.58. The monoisotopic (exact) mass is 424 g/mol. The summed E-state index contributed by atoms with van der Waals surface area (Å²) >= 11 is 0. The fraction of sp³-hybridized carbons (Fsp3) is 0.440. The normalized spacial score (nSPS) is 29.4. The number of benzene rings is 2. The van der Waals surface area contributed by atoms with Gasteiger partial charge in [0.25, 0.3) is 0 Å². The van der Waals surface area contributed by atoms with Crippen molar-refractivity contribution in [2.24, 2.45) is 5.92 Å². The molecule has 6 heteroatoms.